The van der Waals surface area contributed by atoms with E-state index < -0.39 is 35.1 Å². The number of carbonyl (C=O) groups is 4. The highest BCUT2D eigenvalue weighted by atomic mass is 16.6. The van der Waals surface area contributed by atoms with E-state index in [1.165, 1.54) is 23.5 Å². The van der Waals surface area contributed by atoms with Gasteiger partial charge in [0.15, 0.2) is 0 Å². The smallest absolute Gasteiger partial charge is 0.417 e. The fourth-order valence-electron chi connectivity index (χ4n) is 4.26. The molecule has 11 heteroatoms. The molecular weight excluding hydrogens is 564 g/mol. The molecule has 3 rings (SSSR count). The van der Waals surface area contributed by atoms with E-state index in [4.69, 9.17) is 14.2 Å². The number of alkyl carbamates (subject to hydrolysis) is 2. The molecule has 0 saturated carbocycles. The molecule has 2 heterocycles. The van der Waals surface area contributed by atoms with Gasteiger partial charge >= 0.3 is 18.3 Å². The van der Waals surface area contributed by atoms with Crippen molar-refractivity contribution in [3.8, 4) is 0 Å². The minimum atomic E-state index is -0.809. The van der Waals surface area contributed by atoms with Gasteiger partial charge in [-0.05, 0) is 99.6 Å². The van der Waals surface area contributed by atoms with Gasteiger partial charge in [0.25, 0.3) is 5.91 Å². The second kappa shape index (κ2) is 15.0. The predicted molar refractivity (Wildman–Crippen MR) is 169 cm³/mol. The number of pyridine rings is 1. The van der Waals surface area contributed by atoms with Crippen molar-refractivity contribution < 1.29 is 33.4 Å². The second-order valence-electron chi connectivity index (χ2n) is 13.7. The molecular formula is C33H48N4O7. The van der Waals surface area contributed by atoms with E-state index in [1.807, 2.05) is 10.2 Å². The lowest BCUT2D eigenvalue weighted by Crippen LogP contribution is -2.39. The normalized spacial score (nSPS) is 14.0. The summed E-state index contributed by atoms with van der Waals surface area (Å²) in [7, 11) is 0. The van der Waals surface area contributed by atoms with E-state index in [1.54, 1.807) is 68.4 Å². The van der Waals surface area contributed by atoms with E-state index in [-0.39, 0.29) is 5.91 Å². The van der Waals surface area contributed by atoms with Crippen molar-refractivity contribution in [2.75, 3.05) is 18.4 Å². The molecule has 2 aromatic rings. The quantitative estimate of drug-likeness (QED) is 0.347. The summed E-state index contributed by atoms with van der Waals surface area (Å²) in [6.45, 7) is 19.2. The standard InChI is InChI=1S/C23H29N3O3.C10H19NO4/c1-16-6-5-7-18(12-16)17-8-10-26(11-9-17)21(27)19-13-20(15-24-14-19)25-22(28)29-23(2,3)4;1-9(2,3)14-7(12)11-8(13)15-10(4,5)6/h5-7,12-15,17H,8-11H2,1-4H3,(H,25,28);1-6H3,(H,11,12,13). The van der Waals surface area contributed by atoms with Crippen LogP contribution in [0.15, 0.2) is 42.7 Å². The van der Waals surface area contributed by atoms with Gasteiger partial charge in [-0.1, -0.05) is 29.8 Å². The first-order valence-corrected chi connectivity index (χ1v) is 14.7. The molecule has 4 amide bonds. The lowest BCUT2D eigenvalue weighted by molar-refractivity contribution is 0.0352. The number of piperidine rings is 1. The molecule has 0 unspecified atom stereocenters. The van der Waals surface area contributed by atoms with Crippen LogP contribution in [0, 0.1) is 6.92 Å². The third kappa shape index (κ3) is 13.9. The average molecular weight is 613 g/mol. The van der Waals surface area contributed by atoms with Gasteiger partial charge in [-0.2, -0.15) is 0 Å². The summed E-state index contributed by atoms with van der Waals surface area (Å²) < 4.78 is 15.0. The molecule has 11 nitrogen and oxygen atoms in total. The first-order valence-electron chi connectivity index (χ1n) is 14.7. The summed E-state index contributed by atoms with van der Waals surface area (Å²) in [5.41, 5.74) is 1.67. The molecule has 0 bridgehead atoms. The number of nitrogens with one attached hydrogen (secondary N) is 2. The van der Waals surface area contributed by atoms with Gasteiger partial charge in [0.05, 0.1) is 17.4 Å². The minimum absolute atomic E-state index is 0.0620. The number of hydrogen-bond donors (Lipinski definition) is 2. The van der Waals surface area contributed by atoms with Crippen LogP contribution < -0.4 is 10.6 Å². The van der Waals surface area contributed by atoms with Gasteiger partial charge < -0.3 is 19.1 Å². The number of anilines is 1. The van der Waals surface area contributed by atoms with Gasteiger partial charge in [-0.15, -0.1) is 0 Å². The Labute approximate surface area is 261 Å². The van der Waals surface area contributed by atoms with Crippen molar-refractivity contribution in [2.45, 2.75) is 105 Å². The third-order valence-corrected chi connectivity index (χ3v) is 5.93. The maximum absolute atomic E-state index is 12.9. The van der Waals surface area contributed by atoms with Crippen LogP contribution in [0.25, 0.3) is 0 Å². The van der Waals surface area contributed by atoms with E-state index in [9.17, 15) is 19.2 Å². The van der Waals surface area contributed by atoms with Crippen molar-refractivity contribution >= 4 is 29.9 Å². The molecule has 1 aromatic heterocycles. The summed E-state index contributed by atoms with van der Waals surface area (Å²) in [5, 5.41) is 4.61. The number of likely N-dealkylation sites (tertiary alicyclic amines) is 1. The summed E-state index contributed by atoms with van der Waals surface area (Å²) in [4.78, 5) is 53.1. The number of benzene rings is 1. The third-order valence-electron chi connectivity index (χ3n) is 5.93. The number of aromatic nitrogens is 1. The lowest BCUT2D eigenvalue weighted by atomic mass is 9.88. The molecule has 0 atom stereocenters. The molecule has 1 aliphatic heterocycles. The molecule has 0 spiro atoms. The minimum Gasteiger partial charge on any atom is -0.444 e. The van der Waals surface area contributed by atoms with Crippen molar-refractivity contribution in [3.63, 3.8) is 0 Å². The first kappa shape index (κ1) is 36.0. The molecule has 1 fully saturated rings. The monoisotopic (exact) mass is 612 g/mol. The SMILES string of the molecule is CC(C)(C)OC(=O)NC(=O)OC(C)(C)C.Cc1cccc(C2CCN(C(=O)c3cncc(NC(=O)OC(C)(C)C)c3)CC2)c1. The highest BCUT2D eigenvalue weighted by Crippen LogP contribution is 2.29. The molecule has 0 aliphatic carbocycles. The van der Waals surface area contributed by atoms with Crippen LogP contribution in [-0.4, -0.2) is 64.0 Å². The number of imide groups is 1. The summed E-state index contributed by atoms with van der Waals surface area (Å²) in [6.07, 6.45) is 2.74. The molecule has 1 aliphatic rings. The van der Waals surface area contributed by atoms with Crippen LogP contribution in [-0.2, 0) is 14.2 Å². The summed E-state index contributed by atoms with van der Waals surface area (Å²) >= 11 is 0. The Morgan fingerprint density at radius 1 is 0.773 bits per heavy atom. The number of hydrogen-bond acceptors (Lipinski definition) is 8. The Bertz CT molecular complexity index is 1270. The first-order chi connectivity index (χ1) is 20.2. The fraction of sp³-hybridized carbons (Fsp3) is 0.545. The fourth-order valence-corrected chi connectivity index (χ4v) is 4.26. The zero-order valence-electron chi connectivity index (χ0n) is 27.7. The van der Waals surface area contributed by atoms with E-state index in [2.05, 4.69) is 41.5 Å². The highest BCUT2D eigenvalue weighted by Gasteiger charge is 2.26. The van der Waals surface area contributed by atoms with E-state index >= 15 is 0 Å². The Morgan fingerprint density at radius 2 is 1.30 bits per heavy atom. The van der Waals surface area contributed by atoms with Crippen molar-refractivity contribution in [3.05, 3.63) is 59.4 Å². The Kier molecular flexibility index (Phi) is 12.3. The topological polar surface area (TPSA) is 136 Å². The summed E-state index contributed by atoms with van der Waals surface area (Å²) in [6, 6.07) is 10.2. The average Bonchev–Trinajstić information content (AvgIpc) is 2.85. The molecule has 2 N–H and O–H groups in total. The van der Waals surface area contributed by atoms with Crippen LogP contribution in [0.3, 0.4) is 0 Å². The van der Waals surface area contributed by atoms with Gasteiger partial charge in [0.1, 0.15) is 16.8 Å². The van der Waals surface area contributed by atoms with Crippen LogP contribution in [0.2, 0.25) is 0 Å². The number of carbonyl (C=O) groups excluding carboxylic acids is 4. The second-order valence-corrected chi connectivity index (χ2v) is 13.7. The summed E-state index contributed by atoms with van der Waals surface area (Å²) in [5.74, 6) is 0.422. The number of aryl methyl sites for hydroxylation is 1. The van der Waals surface area contributed by atoms with Crippen LogP contribution in [0.1, 0.15) is 103 Å². The van der Waals surface area contributed by atoms with Crippen LogP contribution >= 0.6 is 0 Å². The number of amides is 4. The number of rotatable bonds is 3. The zero-order valence-corrected chi connectivity index (χ0v) is 27.7. The maximum Gasteiger partial charge on any atom is 0.417 e. The van der Waals surface area contributed by atoms with Gasteiger partial charge in [-0.3, -0.25) is 15.1 Å². The zero-order chi connectivity index (χ0) is 33.3. The molecule has 44 heavy (non-hydrogen) atoms. The van der Waals surface area contributed by atoms with Gasteiger partial charge in [0.2, 0.25) is 0 Å². The molecule has 242 valence electrons. The maximum atomic E-state index is 12.9. The lowest BCUT2D eigenvalue weighted by Gasteiger charge is -2.32. The highest BCUT2D eigenvalue weighted by molar-refractivity contribution is 5.96. The molecule has 0 radical (unpaired) electrons. The Hall–Kier alpha value is -4.15. The van der Waals surface area contributed by atoms with Gasteiger partial charge in [0, 0.05) is 19.3 Å². The number of nitrogens with zero attached hydrogens (tertiary/aromatic N) is 2. The predicted octanol–water partition coefficient (Wildman–Crippen LogP) is 7.20. The van der Waals surface area contributed by atoms with Crippen LogP contribution in [0.5, 0.6) is 0 Å². The van der Waals surface area contributed by atoms with Crippen molar-refractivity contribution in [1.82, 2.24) is 15.2 Å². The Balaban J connectivity index is 0.000000382. The van der Waals surface area contributed by atoms with Crippen LogP contribution in [0.4, 0.5) is 20.1 Å². The number of ether oxygens (including phenoxy) is 3. The van der Waals surface area contributed by atoms with Crippen molar-refractivity contribution in [1.29, 1.82) is 0 Å². The van der Waals surface area contributed by atoms with E-state index in [0.29, 0.717) is 30.3 Å². The van der Waals surface area contributed by atoms with Gasteiger partial charge in [-0.25, -0.2) is 19.7 Å². The molecule has 1 aromatic carbocycles. The molecule has 1 saturated heterocycles. The largest absolute Gasteiger partial charge is 0.444 e. The van der Waals surface area contributed by atoms with Crippen molar-refractivity contribution in [2.24, 2.45) is 0 Å². The van der Waals surface area contributed by atoms with E-state index in [0.717, 1.165) is 12.8 Å². The Morgan fingerprint density at radius 3 is 1.80 bits per heavy atom.